The number of carbonyl (C=O) groups is 1. The highest BCUT2D eigenvalue weighted by molar-refractivity contribution is 7.87. The van der Waals surface area contributed by atoms with Crippen molar-refractivity contribution in [2.45, 2.75) is 20.8 Å². The van der Waals surface area contributed by atoms with Gasteiger partial charge in [-0.2, -0.15) is 12.7 Å². The largest absolute Gasteiger partial charge is 0.372 e. The molecule has 1 amide bonds. The molecule has 0 spiro atoms. The Balaban J connectivity index is 2.80. The predicted molar refractivity (Wildman–Crippen MR) is 98.6 cm³/mol. The molecule has 0 radical (unpaired) electrons. The van der Waals surface area contributed by atoms with Crippen LogP contribution in [0.4, 0.5) is 11.4 Å². The van der Waals surface area contributed by atoms with Crippen LogP contribution < -0.4 is 14.5 Å². The number of anilines is 2. The first kappa shape index (κ1) is 20.4. The molecule has 0 saturated carbocycles. The Bertz CT molecular complexity index is 625. The molecule has 1 aromatic rings. The molecule has 136 valence electrons. The highest BCUT2D eigenvalue weighted by Gasteiger charge is 2.16. The van der Waals surface area contributed by atoms with Crippen molar-refractivity contribution in [2.24, 2.45) is 0 Å². The Hall–Kier alpha value is -1.64. The smallest absolute Gasteiger partial charge is 0.278 e. The topological polar surface area (TPSA) is 73.0 Å². The second-order valence-electron chi connectivity index (χ2n) is 5.54. The molecular weight excluding hydrogens is 328 g/mol. The van der Waals surface area contributed by atoms with Crippen LogP contribution in [0.25, 0.3) is 0 Å². The number of carbonyl (C=O) groups excluding carboxylic acids is 1. The molecule has 24 heavy (non-hydrogen) atoms. The van der Waals surface area contributed by atoms with Crippen molar-refractivity contribution in [1.29, 1.82) is 0 Å². The summed E-state index contributed by atoms with van der Waals surface area (Å²) in [6.45, 7) is 7.91. The van der Waals surface area contributed by atoms with Crippen LogP contribution in [0, 0.1) is 0 Å². The number of nitrogens with zero attached hydrogens (tertiary/aromatic N) is 3. The SMILES string of the molecule is CCN(CC)c1ccc(N(CCNS(=O)(=O)N(C)C)C(C)=O)cc1. The second-order valence-corrected chi connectivity index (χ2v) is 7.51. The van der Waals surface area contributed by atoms with Crippen LogP contribution in [-0.4, -0.2) is 58.9 Å². The van der Waals surface area contributed by atoms with Crippen molar-refractivity contribution in [2.75, 3.05) is 50.1 Å². The summed E-state index contributed by atoms with van der Waals surface area (Å²) in [6.07, 6.45) is 0. The van der Waals surface area contributed by atoms with Crippen molar-refractivity contribution in [1.82, 2.24) is 9.03 Å². The van der Waals surface area contributed by atoms with Gasteiger partial charge >= 0.3 is 0 Å². The van der Waals surface area contributed by atoms with Crippen LogP contribution in [0.15, 0.2) is 24.3 Å². The molecule has 0 heterocycles. The van der Waals surface area contributed by atoms with E-state index in [0.29, 0.717) is 0 Å². The van der Waals surface area contributed by atoms with E-state index in [-0.39, 0.29) is 19.0 Å². The average molecular weight is 356 g/mol. The Morgan fingerprint density at radius 1 is 1.04 bits per heavy atom. The van der Waals surface area contributed by atoms with Crippen LogP contribution in [0.1, 0.15) is 20.8 Å². The maximum atomic E-state index is 11.9. The van der Waals surface area contributed by atoms with Gasteiger partial charge in [-0.25, -0.2) is 4.72 Å². The summed E-state index contributed by atoms with van der Waals surface area (Å²) < 4.78 is 27.0. The summed E-state index contributed by atoms with van der Waals surface area (Å²) in [7, 11) is -0.577. The van der Waals surface area contributed by atoms with Crippen LogP contribution in [0.2, 0.25) is 0 Å². The molecule has 0 aliphatic carbocycles. The number of benzene rings is 1. The Labute approximate surface area is 145 Å². The number of amides is 1. The van der Waals surface area contributed by atoms with Gasteiger partial charge in [-0.1, -0.05) is 0 Å². The normalized spacial score (nSPS) is 11.6. The van der Waals surface area contributed by atoms with E-state index in [1.807, 2.05) is 24.3 Å². The molecule has 0 bridgehead atoms. The van der Waals surface area contributed by atoms with Crippen molar-refractivity contribution in [3.63, 3.8) is 0 Å². The van der Waals surface area contributed by atoms with Crippen LogP contribution in [0.5, 0.6) is 0 Å². The van der Waals surface area contributed by atoms with E-state index in [1.165, 1.54) is 21.0 Å². The molecule has 1 rings (SSSR count). The average Bonchev–Trinajstić information content (AvgIpc) is 2.53. The van der Waals surface area contributed by atoms with Gasteiger partial charge in [0.05, 0.1) is 0 Å². The molecule has 0 saturated heterocycles. The van der Waals surface area contributed by atoms with Crippen LogP contribution in [0.3, 0.4) is 0 Å². The lowest BCUT2D eigenvalue weighted by Gasteiger charge is -2.24. The predicted octanol–water partition coefficient (Wildman–Crippen LogP) is 1.28. The lowest BCUT2D eigenvalue weighted by Crippen LogP contribution is -2.41. The monoisotopic (exact) mass is 356 g/mol. The molecule has 1 aromatic carbocycles. The van der Waals surface area contributed by atoms with Gasteiger partial charge in [-0.05, 0) is 38.1 Å². The molecule has 0 unspecified atom stereocenters. The molecule has 0 aliphatic heterocycles. The van der Waals surface area contributed by atoms with Crippen LogP contribution >= 0.6 is 0 Å². The summed E-state index contributed by atoms with van der Waals surface area (Å²) in [5.41, 5.74) is 1.85. The Kier molecular flexibility index (Phi) is 7.65. The van der Waals surface area contributed by atoms with Crippen LogP contribution in [-0.2, 0) is 15.0 Å². The van der Waals surface area contributed by atoms with E-state index in [4.69, 9.17) is 0 Å². The van der Waals surface area contributed by atoms with Gasteiger partial charge in [-0.3, -0.25) is 4.79 Å². The van der Waals surface area contributed by atoms with E-state index in [0.717, 1.165) is 28.8 Å². The molecule has 1 N–H and O–H groups in total. The molecule has 8 heteroatoms. The van der Waals surface area contributed by atoms with E-state index in [9.17, 15) is 13.2 Å². The standard InChI is InChI=1S/C16H28N4O3S/c1-6-19(7-2)15-8-10-16(11-9-15)20(14(3)21)13-12-17-24(22,23)18(4)5/h8-11,17H,6-7,12-13H2,1-5H3. The number of hydrogen-bond acceptors (Lipinski definition) is 4. The first-order valence-electron chi connectivity index (χ1n) is 8.03. The van der Waals surface area contributed by atoms with E-state index >= 15 is 0 Å². The minimum Gasteiger partial charge on any atom is -0.372 e. The molecule has 0 atom stereocenters. The lowest BCUT2D eigenvalue weighted by atomic mass is 10.2. The minimum absolute atomic E-state index is 0.130. The molecular formula is C16H28N4O3S. The summed E-state index contributed by atoms with van der Waals surface area (Å²) >= 11 is 0. The summed E-state index contributed by atoms with van der Waals surface area (Å²) in [5.74, 6) is -0.130. The minimum atomic E-state index is -3.49. The number of hydrogen-bond donors (Lipinski definition) is 1. The van der Waals surface area contributed by atoms with Gasteiger partial charge in [0.1, 0.15) is 0 Å². The second kappa shape index (κ2) is 9.00. The Morgan fingerprint density at radius 2 is 1.54 bits per heavy atom. The zero-order valence-electron chi connectivity index (χ0n) is 15.1. The van der Waals surface area contributed by atoms with Gasteiger partial charge in [0.25, 0.3) is 10.2 Å². The van der Waals surface area contributed by atoms with Crippen molar-refractivity contribution in [3.05, 3.63) is 24.3 Å². The summed E-state index contributed by atoms with van der Waals surface area (Å²) in [6, 6.07) is 7.72. The van der Waals surface area contributed by atoms with Gasteiger partial charge in [0.2, 0.25) is 5.91 Å². The van der Waals surface area contributed by atoms with Crippen molar-refractivity contribution in [3.8, 4) is 0 Å². The zero-order chi connectivity index (χ0) is 18.3. The fraction of sp³-hybridized carbons (Fsp3) is 0.562. The van der Waals surface area contributed by atoms with Gasteiger partial charge in [0.15, 0.2) is 0 Å². The maximum Gasteiger partial charge on any atom is 0.278 e. The third-order valence-corrected chi connectivity index (χ3v) is 5.30. The number of rotatable bonds is 9. The van der Waals surface area contributed by atoms with Crippen molar-refractivity contribution < 1.29 is 13.2 Å². The molecule has 0 aromatic heterocycles. The maximum absolute atomic E-state index is 11.9. The number of nitrogens with one attached hydrogen (secondary N) is 1. The molecule has 7 nitrogen and oxygen atoms in total. The summed E-state index contributed by atoms with van der Waals surface area (Å²) in [5, 5.41) is 0. The summed E-state index contributed by atoms with van der Waals surface area (Å²) in [4.78, 5) is 15.7. The van der Waals surface area contributed by atoms with Gasteiger partial charge in [0, 0.05) is 58.6 Å². The van der Waals surface area contributed by atoms with Gasteiger partial charge in [-0.15, -0.1) is 0 Å². The van der Waals surface area contributed by atoms with Gasteiger partial charge < -0.3 is 9.80 Å². The first-order chi connectivity index (χ1) is 11.2. The molecule has 0 aliphatic rings. The first-order valence-corrected chi connectivity index (χ1v) is 9.47. The Morgan fingerprint density at radius 3 is 1.96 bits per heavy atom. The third-order valence-electron chi connectivity index (χ3n) is 3.77. The molecule has 0 fully saturated rings. The quantitative estimate of drug-likeness (QED) is 0.723. The fourth-order valence-electron chi connectivity index (χ4n) is 2.32. The van der Waals surface area contributed by atoms with E-state index < -0.39 is 10.2 Å². The van der Waals surface area contributed by atoms with E-state index in [1.54, 1.807) is 4.90 Å². The fourth-order valence-corrected chi connectivity index (χ4v) is 2.92. The lowest BCUT2D eigenvalue weighted by molar-refractivity contribution is -0.116. The highest BCUT2D eigenvalue weighted by atomic mass is 32.2. The van der Waals surface area contributed by atoms with Crippen molar-refractivity contribution >= 4 is 27.5 Å². The third kappa shape index (κ3) is 5.47. The zero-order valence-corrected chi connectivity index (χ0v) is 15.9. The van der Waals surface area contributed by atoms with E-state index in [2.05, 4.69) is 23.5 Å². The highest BCUT2D eigenvalue weighted by Crippen LogP contribution is 2.20.